The van der Waals surface area contributed by atoms with Gasteiger partial charge in [-0.2, -0.15) is 5.10 Å². The number of hydrogen-bond donors (Lipinski definition) is 0. The molecule has 1 heterocycles. The highest BCUT2D eigenvalue weighted by Gasteiger charge is 2.03. The molecule has 76 valence electrons. The average molecular weight is 193 g/mol. The maximum Gasteiger partial charge on any atom is 0.234 e. The van der Waals surface area contributed by atoms with Crippen LogP contribution in [-0.4, -0.2) is 22.4 Å². The number of isocyanates is 1. The van der Waals surface area contributed by atoms with Crippen molar-refractivity contribution in [3.63, 3.8) is 0 Å². The smallest absolute Gasteiger partial charge is 0.234 e. The lowest BCUT2D eigenvalue weighted by Gasteiger charge is -2.08. The minimum absolute atomic E-state index is 0.493. The highest BCUT2D eigenvalue weighted by atomic mass is 16.1. The fourth-order valence-electron chi connectivity index (χ4n) is 1.30. The molecule has 0 aliphatic heterocycles. The summed E-state index contributed by atoms with van der Waals surface area (Å²) in [4.78, 5) is 13.4. The van der Waals surface area contributed by atoms with Crippen LogP contribution in [0.2, 0.25) is 0 Å². The molecule has 0 amide bonds. The Kier molecular flexibility index (Phi) is 4.08. The Labute approximate surface area is 83.7 Å². The van der Waals surface area contributed by atoms with Crippen LogP contribution in [-0.2, 0) is 17.8 Å². The molecule has 14 heavy (non-hydrogen) atoms. The summed E-state index contributed by atoms with van der Waals surface area (Å²) in [6.45, 7) is 5.70. The minimum Gasteiger partial charge on any atom is -0.269 e. The standard InChI is InChI=1S/C10H15N3O/c1-9(2)7-13-10(4-6-12-13)3-5-11-8-14/h4,6,9H,3,5,7H2,1-2H3. The lowest BCUT2D eigenvalue weighted by molar-refractivity contribution is 0.468. The van der Waals surface area contributed by atoms with Crippen molar-refractivity contribution in [2.45, 2.75) is 26.8 Å². The predicted molar refractivity (Wildman–Crippen MR) is 53.8 cm³/mol. The topological polar surface area (TPSA) is 47.2 Å². The zero-order valence-electron chi connectivity index (χ0n) is 8.60. The Balaban J connectivity index is 2.57. The second-order valence-electron chi connectivity index (χ2n) is 3.62. The lowest BCUT2D eigenvalue weighted by Crippen LogP contribution is -2.10. The third-order valence-electron chi connectivity index (χ3n) is 1.89. The molecule has 0 fully saturated rings. The zero-order valence-corrected chi connectivity index (χ0v) is 8.60. The van der Waals surface area contributed by atoms with Crippen molar-refractivity contribution in [3.8, 4) is 0 Å². The van der Waals surface area contributed by atoms with Gasteiger partial charge < -0.3 is 0 Å². The highest BCUT2D eigenvalue weighted by Crippen LogP contribution is 2.04. The van der Waals surface area contributed by atoms with E-state index in [1.54, 1.807) is 6.20 Å². The highest BCUT2D eigenvalue weighted by molar-refractivity contribution is 5.32. The maximum absolute atomic E-state index is 9.88. The molecule has 0 saturated carbocycles. The van der Waals surface area contributed by atoms with Crippen molar-refractivity contribution in [1.82, 2.24) is 9.78 Å². The third kappa shape index (κ3) is 3.15. The molecule has 1 aromatic rings. The van der Waals surface area contributed by atoms with Gasteiger partial charge in [0.05, 0.1) is 6.54 Å². The van der Waals surface area contributed by atoms with E-state index in [0.29, 0.717) is 12.5 Å². The van der Waals surface area contributed by atoms with E-state index in [1.807, 2.05) is 10.7 Å². The van der Waals surface area contributed by atoms with Gasteiger partial charge in [0.1, 0.15) is 0 Å². The van der Waals surface area contributed by atoms with Crippen molar-refractivity contribution >= 4 is 6.08 Å². The van der Waals surface area contributed by atoms with Crippen LogP contribution in [0.15, 0.2) is 17.3 Å². The van der Waals surface area contributed by atoms with Crippen molar-refractivity contribution in [2.24, 2.45) is 10.9 Å². The number of carbonyl (C=O) groups excluding carboxylic acids is 1. The van der Waals surface area contributed by atoms with Gasteiger partial charge in [-0.25, -0.2) is 9.79 Å². The second-order valence-corrected chi connectivity index (χ2v) is 3.62. The van der Waals surface area contributed by atoms with Gasteiger partial charge >= 0.3 is 0 Å². The Bertz CT molecular complexity index is 324. The molecule has 0 aromatic carbocycles. The van der Waals surface area contributed by atoms with Crippen molar-refractivity contribution in [3.05, 3.63) is 18.0 Å². The van der Waals surface area contributed by atoms with Gasteiger partial charge in [-0.15, -0.1) is 0 Å². The number of rotatable bonds is 5. The van der Waals surface area contributed by atoms with Crippen LogP contribution in [0.3, 0.4) is 0 Å². The average Bonchev–Trinajstić information content (AvgIpc) is 2.52. The Morgan fingerprint density at radius 2 is 2.43 bits per heavy atom. The molecule has 0 radical (unpaired) electrons. The summed E-state index contributed by atoms with van der Waals surface area (Å²) in [5.41, 5.74) is 1.12. The Morgan fingerprint density at radius 3 is 3.07 bits per heavy atom. The first kappa shape index (κ1) is 10.7. The van der Waals surface area contributed by atoms with Gasteiger partial charge in [0.15, 0.2) is 0 Å². The molecule has 0 saturated heterocycles. The minimum atomic E-state index is 0.493. The van der Waals surface area contributed by atoms with Crippen molar-refractivity contribution < 1.29 is 4.79 Å². The molecule has 4 heteroatoms. The molecule has 0 atom stereocenters. The molecule has 1 aromatic heterocycles. The van der Waals surface area contributed by atoms with Gasteiger partial charge in [0.2, 0.25) is 6.08 Å². The van der Waals surface area contributed by atoms with E-state index >= 15 is 0 Å². The van der Waals surface area contributed by atoms with Crippen LogP contribution < -0.4 is 0 Å². The van der Waals surface area contributed by atoms with E-state index in [1.165, 1.54) is 6.08 Å². The first-order valence-corrected chi connectivity index (χ1v) is 4.78. The molecular weight excluding hydrogens is 178 g/mol. The normalized spacial score (nSPS) is 10.2. The predicted octanol–water partition coefficient (Wildman–Crippen LogP) is 1.42. The van der Waals surface area contributed by atoms with E-state index in [-0.39, 0.29) is 0 Å². The van der Waals surface area contributed by atoms with E-state index in [2.05, 4.69) is 23.9 Å². The number of hydrogen-bond acceptors (Lipinski definition) is 3. The molecule has 0 spiro atoms. The van der Waals surface area contributed by atoms with Crippen LogP contribution in [0, 0.1) is 5.92 Å². The number of aliphatic imine (C=N–C) groups is 1. The summed E-state index contributed by atoms with van der Waals surface area (Å²) >= 11 is 0. The summed E-state index contributed by atoms with van der Waals surface area (Å²) < 4.78 is 1.96. The number of aromatic nitrogens is 2. The van der Waals surface area contributed by atoms with Crippen LogP contribution in [0.4, 0.5) is 0 Å². The summed E-state index contributed by atoms with van der Waals surface area (Å²) in [5.74, 6) is 0.572. The van der Waals surface area contributed by atoms with E-state index in [4.69, 9.17) is 0 Å². The maximum atomic E-state index is 9.88. The first-order chi connectivity index (χ1) is 6.74. The molecule has 0 aliphatic carbocycles. The van der Waals surface area contributed by atoms with Crippen molar-refractivity contribution in [2.75, 3.05) is 6.54 Å². The molecule has 0 bridgehead atoms. The summed E-state index contributed by atoms with van der Waals surface area (Å²) in [6.07, 6.45) is 4.07. The SMILES string of the molecule is CC(C)Cn1nccc1CCN=C=O. The largest absolute Gasteiger partial charge is 0.269 e. The van der Waals surface area contributed by atoms with Gasteiger partial charge in [0, 0.05) is 24.9 Å². The Hall–Kier alpha value is -1.41. The lowest BCUT2D eigenvalue weighted by atomic mass is 10.2. The third-order valence-corrected chi connectivity index (χ3v) is 1.89. The van der Waals surface area contributed by atoms with Crippen LogP contribution in [0.5, 0.6) is 0 Å². The quantitative estimate of drug-likeness (QED) is 0.524. The van der Waals surface area contributed by atoms with Crippen LogP contribution >= 0.6 is 0 Å². The summed E-state index contributed by atoms with van der Waals surface area (Å²) in [5, 5.41) is 4.21. The molecule has 0 aliphatic rings. The monoisotopic (exact) mass is 193 g/mol. The fraction of sp³-hybridized carbons (Fsp3) is 0.600. The number of nitrogens with zero attached hydrogens (tertiary/aromatic N) is 3. The Morgan fingerprint density at radius 1 is 1.64 bits per heavy atom. The van der Waals surface area contributed by atoms with Gasteiger partial charge in [-0.05, 0) is 12.0 Å². The molecule has 1 rings (SSSR count). The second kappa shape index (κ2) is 5.35. The summed E-state index contributed by atoms with van der Waals surface area (Å²) in [7, 11) is 0. The molecule has 0 N–H and O–H groups in total. The van der Waals surface area contributed by atoms with E-state index in [0.717, 1.165) is 18.7 Å². The fourth-order valence-corrected chi connectivity index (χ4v) is 1.30. The molecule has 0 unspecified atom stereocenters. The van der Waals surface area contributed by atoms with Crippen LogP contribution in [0.25, 0.3) is 0 Å². The molecule has 4 nitrogen and oxygen atoms in total. The van der Waals surface area contributed by atoms with E-state index < -0.39 is 0 Å². The molecular formula is C10H15N3O. The van der Waals surface area contributed by atoms with Crippen molar-refractivity contribution in [1.29, 1.82) is 0 Å². The van der Waals surface area contributed by atoms with Gasteiger partial charge in [-0.1, -0.05) is 13.8 Å². The van der Waals surface area contributed by atoms with Gasteiger partial charge in [-0.3, -0.25) is 4.68 Å². The zero-order chi connectivity index (χ0) is 10.4. The summed E-state index contributed by atoms with van der Waals surface area (Å²) in [6, 6.07) is 1.96. The van der Waals surface area contributed by atoms with Gasteiger partial charge in [0.25, 0.3) is 0 Å². The van der Waals surface area contributed by atoms with Crippen LogP contribution in [0.1, 0.15) is 19.5 Å². The first-order valence-electron chi connectivity index (χ1n) is 4.78. The van der Waals surface area contributed by atoms with E-state index in [9.17, 15) is 4.79 Å².